The first-order valence-corrected chi connectivity index (χ1v) is 6.49. The first kappa shape index (κ1) is 15.7. The number of aryl methyl sites for hydroxylation is 2. The molecule has 1 rings (SSSR count). The molecule has 0 bridgehead atoms. The van der Waals surface area contributed by atoms with Gasteiger partial charge in [0.05, 0.1) is 6.61 Å². The van der Waals surface area contributed by atoms with Crippen LogP contribution >= 0.6 is 0 Å². The molecule has 2 heteroatoms. The number of rotatable bonds is 5. The number of esters is 1. The van der Waals surface area contributed by atoms with E-state index in [2.05, 4.69) is 31.2 Å². The Morgan fingerprint density at radius 3 is 2.06 bits per heavy atom. The van der Waals surface area contributed by atoms with Crippen LogP contribution in [-0.2, 0) is 22.4 Å². The van der Waals surface area contributed by atoms with Gasteiger partial charge in [-0.05, 0) is 30.9 Å². The second-order valence-electron chi connectivity index (χ2n) is 3.48. The highest BCUT2D eigenvalue weighted by Gasteiger charge is 2.02. The van der Waals surface area contributed by atoms with Gasteiger partial charge in [0, 0.05) is 6.42 Å². The van der Waals surface area contributed by atoms with Crippen LogP contribution in [0.4, 0.5) is 0 Å². The first-order valence-electron chi connectivity index (χ1n) is 6.49. The van der Waals surface area contributed by atoms with Crippen LogP contribution in [0.2, 0.25) is 0 Å². The molecular weight excluding hydrogens is 212 g/mol. The summed E-state index contributed by atoms with van der Waals surface area (Å²) in [5.74, 6) is -0.114. The monoisotopic (exact) mass is 236 g/mol. The number of ether oxygens (including phenoxy) is 1. The average Bonchev–Trinajstić information content (AvgIpc) is 2.40. The molecule has 0 heterocycles. The van der Waals surface area contributed by atoms with Gasteiger partial charge in [0.1, 0.15) is 0 Å². The third-order valence-electron chi connectivity index (χ3n) is 2.35. The zero-order valence-corrected chi connectivity index (χ0v) is 11.5. The van der Waals surface area contributed by atoms with E-state index in [1.165, 1.54) is 11.1 Å². The maximum Gasteiger partial charge on any atom is 0.306 e. The lowest BCUT2D eigenvalue weighted by Crippen LogP contribution is -2.05. The molecule has 0 amide bonds. The summed E-state index contributed by atoms with van der Waals surface area (Å²) in [5.41, 5.74) is 2.52. The number of carbonyl (C=O) groups excluding carboxylic acids is 1. The summed E-state index contributed by atoms with van der Waals surface area (Å²) in [4.78, 5) is 11.1. The van der Waals surface area contributed by atoms with Crippen molar-refractivity contribution in [1.82, 2.24) is 0 Å². The normalized spacial score (nSPS) is 9.18. The van der Waals surface area contributed by atoms with E-state index < -0.39 is 0 Å². The molecule has 0 aliphatic rings. The maximum atomic E-state index is 11.1. The second-order valence-corrected chi connectivity index (χ2v) is 3.48. The fraction of sp³-hybridized carbons (Fsp3) is 0.533. The molecule has 0 radical (unpaired) electrons. The van der Waals surface area contributed by atoms with Crippen LogP contribution in [0.15, 0.2) is 24.3 Å². The highest BCUT2D eigenvalue weighted by atomic mass is 16.5. The van der Waals surface area contributed by atoms with Crippen molar-refractivity contribution in [2.24, 2.45) is 0 Å². The third kappa shape index (κ3) is 6.77. The van der Waals surface area contributed by atoms with Gasteiger partial charge in [-0.15, -0.1) is 0 Å². The zero-order chi connectivity index (χ0) is 13.1. The van der Waals surface area contributed by atoms with Crippen LogP contribution in [0.3, 0.4) is 0 Å². The lowest BCUT2D eigenvalue weighted by atomic mass is 10.1. The molecule has 17 heavy (non-hydrogen) atoms. The van der Waals surface area contributed by atoms with Gasteiger partial charge in [-0.2, -0.15) is 0 Å². The van der Waals surface area contributed by atoms with E-state index in [9.17, 15) is 4.79 Å². The van der Waals surface area contributed by atoms with Crippen LogP contribution in [0.25, 0.3) is 0 Å². The molecule has 0 spiro atoms. The molecule has 96 valence electrons. The van der Waals surface area contributed by atoms with Crippen LogP contribution in [0.1, 0.15) is 45.2 Å². The predicted molar refractivity (Wildman–Crippen MR) is 72.1 cm³/mol. The van der Waals surface area contributed by atoms with Gasteiger partial charge in [-0.1, -0.05) is 45.0 Å². The Bertz CT molecular complexity index is 301. The van der Waals surface area contributed by atoms with E-state index in [1.54, 1.807) is 0 Å². The number of benzene rings is 1. The van der Waals surface area contributed by atoms with E-state index in [0.29, 0.717) is 13.0 Å². The van der Waals surface area contributed by atoms with Crippen LogP contribution < -0.4 is 0 Å². The molecule has 0 atom stereocenters. The van der Waals surface area contributed by atoms with Crippen molar-refractivity contribution < 1.29 is 9.53 Å². The SMILES string of the molecule is CC.CCOC(=O)CCc1ccc(CC)cc1. The van der Waals surface area contributed by atoms with Crippen molar-refractivity contribution >= 4 is 5.97 Å². The predicted octanol–water partition coefficient (Wildman–Crippen LogP) is 3.77. The van der Waals surface area contributed by atoms with Gasteiger partial charge in [-0.3, -0.25) is 4.79 Å². The zero-order valence-electron chi connectivity index (χ0n) is 11.5. The van der Waals surface area contributed by atoms with Crippen LogP contribution in [0.5, 0.6) is 0 Å². The van der Waals surface area contributed by atoms with E-state index >= 15 is 0 Å². The summed E-state index contributed by atoms with van der Waals surface area (Å²) < 4.78 is 4.87. The molecule has 0 aliphatic carbocycles. The highest BCUT2D eigenvalue weighted by Crippen LogP contribution is 2.07. The summed E-state index contributed by atoms with van der Waals surface area (Å²) in [6.45, 7) is 8.43. The van der Waals surface area contributed by atoms with Crippen molar-refractivity contribution in [2.75, 3.05) is 6.61 Å². The lowest BCUT2D eigenvalue weighted by Gasteiger charge is -2.03. The van der Waals surface area contributed by atoms with Gasteiger partial charge < -0.3 is 4.74 Å². The van der Waals surface area contributed by atoms with Gasteiger partial charge in [0.2, 0.25) is 0 Å². The standard InChI is InChI=1S/C13H18O2.C2H6/c1-3-11-5-7-12(8-6-11)9-10-13(14)15-4-2;1-2/h5-8H,3-4,9-10H2,1-2H3;1-2H3. The molecule has 0 aromatic heterocycles. The van der Waals surface area contributed by atoms with Crippen molar-refractivity contribution in [3.05, 3.63) is 35.4 Å². The summed E-state index contributed by atoms with van der Waals surface area (Å²) >= 11 is 0. The Labute approximate surface area is 105 Å². The van der Waals surface area contributed by atoms with Crippen LogP contribution in [-0.4, -0.2) is 12.6 Å². The van der Waals surface area contributed by atoms with Gasteiger partial charge in [0.15, 0.2) is 0 Å². The molecule has 1 aromatic rings. The van der Waals surface area contributed by atoms with Gasteiger partial charge in [-0.25, -0.2) is 0 Å². The number of hydrogen-bond donors (Lipinski definition) is 0. The first-order chi connectivity index (χ1) is 8.26. The fourth-order valence-electron chi connectivity index (χ4n) is 1.42. The molecule has 0 unspecified atom stereocenters. The van der Waals surface area contributed by atoms with Crippen molar-refractivity contribution in [1.29, 1.82) is 0 Å². The average molecular weight is 236 g/mol. The maximum absolute atomic E-state index is 11.1. The molecule has 0 saturated carbocycles. The minimum absolute atomic E-state index is 0.114. The molecule has 1 aromatic carbocycles. The minimum Gasteiger partial charge on any atom is -0.466 e. The number of carbonyl (C=O) groups is 1. The molecule has 0 aliphatic heterocycles. The summed E-state index contributed by atoms with van der Waals surface area (Å²) in [6.07, 6.45) is 2.29. The Balaban J connectivity index is 0.00000121. The smallest absolute Gasteiger partial charge is 0.306 e. The van der Waals surface area contributed by atoms with E-state index in [-0.39, 0.29) is 5.97 Å². The highest BCUT2D eigenvalue weighted by molar-refractivity contribution is 5.69. The van der Waals surface area contributed by atoms with Crippen molar-refractivity contribution in [3.63, 3.8) is 0 Å². The Morgan fingerprint density at radius 2 is 1.59 bits per heavy atom. The summed E-state index contributed by atoms with van der Waals surface area (Å²) in [5, 5.41) is 0. The Morgan fingerprint density at radius 1 is 1.06 bits per heavy atom. The largest absolute Gasteiger partial charge is 0.466 e. The summed E-state index contributed by atoms with van der Waals surface area (Å²) in [7, 11) is 0. The fourth-order valence-corrected chi connectivity index (χ4v) is 1.42. The Kier molecular flexibility index (Phi) is 9.12. The summed E-state index contributed by atoms with van der Waals surface area (Å²) in [6, 6.07) is 8.39. The van der Waals surface area contributed by atoms with E-state index in [0.717, 1.165) is 12.8 Å². The quantitative estimate of drug-likeness (QED) is 0.727. The lowest BCUT2D eigenvalue weighted by molar-refractivity contribution is -0.143. The molecule has 0 saturated heterocycles. The second kappa shape index (κ2) is 9.88. The third-order valence-corrected chi connectivity index (χ3v) is 2.35. The van der Waals surface area contributed by atoms with Gasteiger partial charge >= 0.3 is 5.97 Å². The molecule has 0 fully saturated rings. The molecule has 0 N–H and O–H groups in total. The topological polar surface area (TPSA) is 26.3 Å². The number of hydrogen-bond acceptors (Lipinski definition) is 2. The van der Waals surface area contributed by atoms with Crippen LogP contribution in [0, 0.1) is 0 Å². The Hall–Kier alpha value is -1.31. The van der Waals surface area contributed by atoms with Gasteiger partial charge in [0.25, 0.3) is 0 Å². The van der Waals surface area contributed by atoms with E-state index in [1.807, 2.05) is 20.8 Å². The minimum atomic E-state index is -0.114. The molecular formula is C15H24O2. The van der Waals surface area contributed by atoms with E-state index in [4.69, 9.17) is 4.74 Å². The van der Waals surface area contributed by atoms with Crippen molar-refractivity contribution in [2.45, 2.75) is 47.0 Å². The molecule has 2 nitrogen and oxygen atoms in total. The van der Waals surface area contributed by atoms with Crippen molar-refractivity contribution in [3.8, 4) is 0 Å².